The van der Waals surface area contributed by atoms with Gasteiger partial charge >= 0.3 is 0 Å². The third-order valence-corrected chi connectivity index (χ3v) is 4.09. The lowest BCUT2D eigenvalue weighted by Crippen LogP contribution is -2.46. The minimum atomic E-state index is 0.216. The van der Waals surface area contributed by atoms with Gasteiger partial charge in [-0.3, -0.25) is 9.80 Å². The van der Waals surface area contributed by atoms with Crippen molar-refractivity contribution in [3.05, 3.63) is 0 Å². The molecule has 0 saturated heterocycles. The van der Waals surface area contributed by atoms with Crippen LogP contribution in [0.4, 0.5) is 0 Å². The summed E-state index contributed by atoms with van der Waals surface area (Å²) in [6, 6.07) is 0. The van der Waals surface area contributed by atoms with E-state index in [1.54, 1.807) is 0 Å². The standard InChI is InChI=1S/C10H24N2S2/c1-5-11(6-2)9(13)10(14)12(7-3)8-4/h9-10,13-14H,5-8H2,1-4H3. The number of rotatable bonds is 7. The first-order chi connectivity index (χ1) is 6.62. The fourth-order valence-corrected chi connectivity index (χ4v) is 2.60. The third kappa shape index (κ3) is 4.01. The van der Waals surface area contributed by atoms with E-state index in [2.05, 4.69) is 62.8 Å². The fourth-order valence-electron chi connectivity index (χ4n) is 1.57. The molecule has 0 saturated carbocycles. The highest BCUT2D eigenvalue weighted by molar-refractivity contribution is 7.85. The van der Waals surface area contributed by atoms with Crippen LogP contribution in [-0.4, -0.2) is 46.7 Å². The zero-order chi connectivity index (χ0) is 11.1. The van der Waals surface area contributed by atoms with Crippen molar-refractivity contribution in [2.45, 2.75) is 38.4 Å². The summed E-state index contributed by atoms with van der Waals surface area (Å²) in [4.78, 5) is 4.64. The van der Waals surface area contributed by atoms with Gasteiger partial charge in [0.1, 0.15) is 0 Å². The minimum Gasteiger partial charge on any atom is -0.290 e. The van der Waals surface area contributed by atoms with Crippen LogP contribution >= 0.6 is 25.3 Å². The Balaban J connectivity index is 4.26. The third-order valence-electron chi connectivity index (χ3n) is 2.64. The zero-order valence-electron chi connectivity index (χ0n) is 9.77. The Kier molecular flexibility index (Phi) is 8.20. The van der Waals surface area contributed by atoms with E-state index in [0.717, 1.165) is 26.2 Å². The Bertz CT molecular complexity index is 120. The van der Waals surface area contributed by atoms with Gasteiger partial charge in [0.15, 0.2) is 0 Å². The first-order valence-corrected chi connectivity index (χ1v) is 6.49. The Morgan fingerprint density at radius 2 is 0.929 bits per heavy atom. The number of hydrogen-bond acceptors (Lipinski definition) is 4. The average Bonchev–Trinajstić information content (AvgIpc) is 2.21. The summed E-state index contributed by atoms with van der Waals surface area (Å²) in [6.45, 7) is 12.8. The molecule has 86 valence electrons. The Morgan fingerprint density at radius 3 is 1.07 bits per heavy atom. The molecule has 0 aromatic rings. The highest BCUT2D eigenvalue weighted by Gasteiger charge is 2.23. The Morgan fingerprint density at radius 1 is 0.714 bits per heavy atom. The number of likely N-dealkylation sites (N-methyl/N-ethyl adjacent to an activating group) is 2. The summed E-state index contributed by atoms with van der Waals surface area (Å²) >= 11 is 9.27. The lowest BCUT2D eigenvalue weighted by molar-refractivity contribution is 0.191. The molecule has 0 aliphatic carbocycles. The summed E-state index contributed by atoms with van der Waals surface area (Å²) in [7, 11) is 0. The van der Waals surface area contributed by atoms with Crippen LogP contribution in [0, 0.1) is 0 Å². The van der Waals surface area contributed by atoms with Gasteiger partial charge in [-0.05, 0) is 26.2 Å². The predicted molar refractivity (Wildman–Crippen MR) is 71.4 cm³/mol. The summed E-state index contributed by atoms with van der Waals surface area (Å²) < 4.78 is 0. The van der Waals surface area contributed by atoms with Crippen LogP contribution in [0.2, 0.25) is 0 Å². The maximum absolute atomic E-state index is 4.64. The molecule has 0 spiro atoms. The molecular weight excluding hydrogens is 212 g/mol. The van der Waals surface area contributed by atoms with Crippen molar-refractivity contribution in [3.8, 4) is 0 Å². The molecule has 2 unspecified atom stereocenters. The quantitative estimate of drug-likeness (QED) is 0.517. The van der Waals surface area contributed by atoms with Crippen LogP contribution in [0.5, 0.6) is 0 Å². The minimum absolute atomic E-state index is 0.216. The zero-order valence-corrected chi connectivity index (χ0v) is 11.6. The molecule has 2 atom stereocenters. The van der Waals surface area contributed by atoms with Gasteiger partial charge in [-0.1, -0.05) is 27.7 Å². The van der Waals surface area contributed by atoms with E-state index in [1.165, 1.54) is 0 Å². The highest BCUT2D eigenvalue weighted by atomic mass is 32.1. The van der Waals surface area contributed by atoms with Gasteiger partial charge in [0, 0.05) is 0 Å². The van der Waals surface area contributed by atoms with Gasteiger partial charge in [-0.2, -0.15) is 25.3 Å². The molecule has 0 heterocycles. The molecule has 0 radical (unpaired) electrons. The molecule has 0 bridgehead atoms. The van der Waals surface area contributed by atoms with Crippen LogP contribution in [0.1, 0.15) is 27.7 Å². The second-order valence-electron chi connectivity index (χ2n) is 3.27. The van der Waals surface area contributed by atoms with Gasteiger partial charge in [-0.25, -0.2) is 0 Å². The topological polar surface area (TPSA) is 6.48 Å². The maximum Gasteiger partial charge on any atom is 0.0777 e. The molecule has 0 aliphatic rings. The van der Waals surface area contributed by atoms with E-state index >= 15 is 0 Å². The van der Waals surface area contributed by atoms with E-state index in [9.17, 15) is 0 Å². The van der Waals surface area contributed by atoms with Crippen molar-refractivity contribution >= 4 is 25.3 Å². The second kappa shape index (κ2) is 7.85. The van der Waals surface area contributed by atoms with Gasteiger partial charge in [0.05, 0.1) is 10.7 Å². The Hall–Kier alpha value is 0.620. The van der Waals surface area contributed by atoms with Crippen molar-refractivity contribution < 1.29 is 0 Å². The molecule has 2 nitrogen and oxygen atoms in total. The molecule has 0 aliphatic heterocycles. The first kappa shape index (κ1) is 14.6. The first-order valence-electron chi connectivity index (χ1n) is 5.46. The maximum atomic E-state index is 4.64. The van der Waals surface area contributed by atoms with Crippen molar-refractivity contribution in [1.29, 1.82) is 0 Å². The number of thiol groups is 2. The highest BCUT2D eigenvalue weighted by Crippen LogP contribution is 2.17. The van der Waals surface area contributed by atoms with E-state index in [1.807, 2.05) is 0 Å². The number of hydrogen-bond donors (Lipinski definition) is 2. The van der Waals surface area contributed by atoms with E-state index < -0.39 is 0 Å². The van der Waals surface area contributed by atoms with Crippen LogP contribution in [0.15, 0.2) is 0 Å². The van der Waals surface area contributed by atoms with Crippen molar-refractivity contribution in [1.82, 2.24) is 9.80 Å². The monoisotopic (exact) mass is 236 g/mol. The summed E-state index contributed by atoms with van der Waals surface area (Å²) in [6.07, 6.45) is 0. The van der Waals surface area contributed by atoms with Crippen molar-refractivity contribution in [2.24, 2.45) is 0 Å². The molecule has 4 heteroatoms. The summed E-state index contributed by atoms with van der Waals surface area (Å²) in [5, 5.41) is 0.432. The lowest BCUT2D eigenvalue weighted by Gasteiger charge is -2.35. The number of nitrogens with zero attached hydrogens (tertiary/aromatic N) is 2. The summed E-state index contributed by atoms with van der Waals surface area (Å²) in [5.41, 5.74) is 0. The molecular formula is C10H24N2S2. The largest absolute Gasteiger partial charge is 0.290 e. The van der Waals surface area contributed by atoms with Crippen molar-refractivity contribution in [2.75, 3.05) is 26.2 Å². The molecule has 0 rings (SSSR count). The molecule has 0 aromatic carbocycles. The smallest absolute Gasteiger partial charge is 0.0777 e. The summed E-state index contributed by atoms with van der Waals surface area (Å²) in [5.74, 6) is 0. The molecule has 0 N–H and O–H groups in total. The normalized spacial score (nSPS) is 16.3. The van der Waals surface area contributed by atoms with Gasteiger partial charge in [-0.15, -0.1) is 0 Å². The SMILES string of the molecule is CCN(CC)C(S)C(S)N(CC)CC. The molecule has 0 fully saturated rings. The van der Waals surface area contributed by atoms with Crippen LogP contribution in [-0.2, 0) is 0 Å². The van der Waals surface area contributed by atoms with Gasteiger partial charge in [0.25, 0.3) is 0 Å². The van der Waals surface area contributed by atoms with E-state index in [-0.39, 0.29) is 10.7 Å². The van der Waals surface area contributed by atoms with Crippen molar-refractivity contribution in [3.63, 3.8) is 0 Å². The Labute approximate surface area is 99.9 Å². The van der Waals surface area contributed by atoms with Gasteiger partial charge < -0.3 is 0 Å². The second-order valence-corrected chi connectivity index (χ2v) is 4.33. The predicted octanol–water partition coefficient (Wildman–Crippen LogP) is 2.18. The molecule has 14 heavy (non-hydrogen) atoms. The van der Waals surface area contributed by atoms with Crippen LogP contribution < -0.4 is 0 Å². The van der Waals surface area contributed by atoms with E-state index in [0.29, 0.717) is 0 Å². The molecule has 0 aromatic heterocycles. The van der Waals surface area contributed by atoms with Crippen LogP contribution in [0.3, 0.4) is 0 Å². The average molecular weight is 236 g/mol. The lowest BCUT2D eigenvalue weighted by atomic mass is 10.4. The van der Waals surface area contributed by atoms with E-state index in [4.69, 9.17) is 0 Å². The van der Waals surface area contributed by atoms with Crippen LogP contribution in [0.25, 0.3) is 0 Å². The van der Waals surface area contributed by atoms with Gasteiger partial charge in [0.2, 0.25) is 0 Å². The fraction of sp³-hybridized carbons (Fsp3) is 1.00. The molecule has 0 amide bonds.